The molecule has 0 saturated heterocycles. The van der Waals surface area contributed by atoms with Gasteiger partial charge in [-0.2, -0.15) is 0 Å². The molecule has 4 nitrogen and oxygen atoms in total. The van der Waals surface area contributed by atoms with E-state index in [1.807, 2.05) is 61.5 Å². The largest absolute Gasteiger partial charge is 0.490 e. The van der Waals surface area contributed by atoms with Gasteiger partial charge in [-0.15, -0.1) is 0 Å². The van der Waals surface area contributed by atoms with E-state index >= 15 is 0 Å². The maximum Gasteiger partial charge on any atom is 0.411 e. The van der Waals surface area contributed by atoms with Crippen molar-refractivity contribution in [3.8, 4) is 5.75 Å². The molecule has 20 heavy (non-hydrogen) atoms. The molecule has 0 saturated carbocycles. The number of carbonyl (C=O) groups is 1. The zero-order valence-electron chi connectivity index (χ0n) is 11.3. The molecule has 2 aromatic rings. The van der Waals surface area contributed by atoms with Gasteiger partial charge in [-0.05, 0) is 31.2 Å². The summed E-state index contributed by atoms with van der Waals surface area (Å²) in [6, 6.07) is 16.9. The van der Waals surface area contributed by atoms with Gasteiger partial charge in [0, 0.05) is 5.69 Å². The van der Waals surface area contributed by atoms with E-state index in [0.717, 1.165) is 11.3 Å². The van der Waals surface area contributed by atoms with E-state index in [4.69, 9.17) is 9.47 Å². The minimum atomic E-state index is -0.481. The second kappa shape index (κ2) is 7.19. The van der Waals surface area contributed by atoms with Gasteiger partial charge in [0.25, 0.3) is 0 Å². The van der Waals surface area contributed by atoms with E-state index in [2.05, 4.69) is 5.32 Å². The smallest absolute Gasteiger partial charge is 0.411 e. The molecular formula is C16H17NO3. The van der Waals surface area contributed by atoms with Crippen LogP contribution in [0.5, 0.6) is 5.75 Å². The number of para-hydroxylation sites is 1. The molecular weight excluding hydrogens is 254 g/mol. The summed E-state index contributed by atoms with van der Waals surface area (Å²) < 4.78 is 10.4. The van der Waals surface area contributed by atoms with E-state index in [1.165, 1.54) is 0 Å². The third kappa shape index (κ3) is 4.65. The number of aryl methyl sites for hydroxylation is 1. The van der Waals surface area contributed by atoms with Gasteiger partial charge in [-0.1, -0.05) is 35.9 Å². The van der Waals surface area contributed by atoms with E-state index in [9.17, 15) is 4.79 Å². The van der Waals surface area contributed by atoms with Crippen molar-refractivity contribution in [2.24, 2.45) is 0 Å². The average molecular weight is 271 g/mol. The summed E-state index contributed by atoms with van der Waals surface area (Å²) in [5.41, 5.74) is 1.85. The topological polar surface area (TPSA) is 47.6 Å². The van der Waals surface area contributed by atoms with Crippen molar-refractivity contribution in [1.82, 2.24) is 0 Å². The third-order valence-corrected chi connectivity index (χ3v) is 2.63. The first-order chi connectivity index (χ1) is 9.74. The first-order valence-corrected chi connectivity index (χ1v) is 6.42. The predicted molar refractivity (Wildman–Crippen MR) is 78.1 cm³/mol. The molecule has 2 aromatic carbocycles. The molecule has 2 rings (SSSR count). The fraction of sp³-hybridized carbons (Fsp3) is 0.188. The molecule has 0 aliphatic rings. The summed E-state index contributed by atoms with van der Waals surface area (Å²) >= 11 is 0. The summed E-state index contributed by atoms with van der Waals surface area (Å²) in [6.07, 6.45) is -0.481. The van der Waals surface area contributed by atoms with Crippen molar-refractivity contribution >= 4 is 11.8 Å². The summed E-state index contributed by atoms with van der Waals surface area (Å²) in [7, 11) is 0. The van der Waals surface area contributed by atoms with E-state index in [0.29, 0.717) is 12.3 Å². The van der Waals surface area contributed by atoms with Crippen molar-refractivity contribution in [1.29, 1.82) is 0 Å². The Morgan fingerprint density at radius 3 is 2.40 bits per heavy atom. The minimum Gasteiger partial charge on any atom is -0.490 e. The standard InChI is InChI=1S/C16H17NO3/c1-13-7-9-14(10-8-13)17-16(18)20-12-11-19-15-5-3-2-4-6-15/h2-10H,11-12H2,1H3,(H,17,18). The first kappa shape index (κ1) is 13.9. The van der Waals surface area contributed by atoms with Crippen molar-refractivity contribution in [3.63, 3.8) is 0 Å². The number of rotatable bonds is 5. The number of hydrogen-bond donors (Lipinski definition) is 1. The van der Waals surface area contributed by atoms with Crippen LogP contribution < -0.4 is 10.1 Å². The van der Waals surface area contributed by atoms with Gasteiger partial charge in [0.1, 0.15) is 19.0 Å². The van der Waals surface area contributed by atoms with Crippen LogP contribution in [0.25, 0.3) is 0 Å². The molecule has 104 valence electrons. The van der Waals surface area contributed by atoms with Crippen molar-refractivity contribution in [2.45, 2.75) is 6.92 Å². The maximum absolute atomic E-state index is 11.5. The molecule has 0 bridgehead atoms. The number of benzene rings is 2. The van der Waals surface area contributed by atoms with Gasteiger partial charge < -0.3 is 9.47 Å². The minimum absolute atomic E-state index is 0.201. The molecule has 0 aliphatic heterocycles. The monoisotopic (exact) mass is 271 g/mol. The number of amides is 1. The molecule has 0 aliphatic carbocycles. The van der Waals surface area contributed by atoms with Crippen LogP contribution in [0.1, 0.15) is 5.56 Å². The lowest BCUT2D eigenvalue weighted by atomic mass is 10.2. The maximum atomic E-state index is 11.5. The van der Waals surface area contributed by atoms with E-state index in [1.54, 1.807) is 0 Å². The molecule has 0 fully saturated rings. The number of carbonyl (C=O) groups excluding carboxylic acids is 1. The molecule has 0 heterocycles. The Kier molecular flexibility index (Phi) is 5.00. The number of ether oxygens (including phenoxy) is 2. The van der Waals surface area contributed by atoms with Crippen LogP contribution in [-0.4, -0.2) is 19.3 Å². The van der Waals surface area contributed by atoms with E-state index in [-0.39, 0.29) is 6.61 Å². The lowest BCUT2D eigenvalue weighted by molar-refractivity contribution is 0.138. The fourth-order valence-corrected chi connectivity index (χ4v) is 1.60. The molecule has 0 aromatic heterocycles. The Morgan fingerprint density at radius 1 is 1.00 bits per heavy atom. The average Bonchev–Trinajstić information content (AvgIpc) is 2.47. The highest BCUT2D eigenvalue weighted by Crippen LogP contribution is 2.09. The van der Waals surface area contributed by atoms with Crippen LogP contribution in [0.4, 0.5) is 10.5 Å². The normalized spacial score (nSPS) is 9.85. The lowest BCUT2D eigenvalue weighted by Crippen LogP contribution is -2.17. The lowest BCUT2D eigenvalue weighted by Gasteiger charge is -2.08. The zero-order valence-corrected chi connectivity index (χ0v) is 11.3. The van der Waals surface area contributed by atoms with Crippen LogP contribution in [0.15, 0.2) is 54.6 Å². The van der Waals surface area contributed by atoms with Gasteiger partial charge in [-0.3, -0.25) is 5.32 Å². The molecule has 0 unspecified atom stereocenters. The van der Waals surface area contributed by atoms with Gasteiger partial charge in [0.2, 0.25) is 0 Å². The Morgan fingerprint density at radius 2 is 1.70 bits per heavy atom. The second-order valence-electron chi connectivity index (χ2n) is 4.29. The quantitative estimate of drug-likeness (QED) is 0.845. The van der Waals surface area contributed by atoms with Crippen molar-refractivity contribution < 1.29 is 14.3 Å². The van der Waals surface area contributed by atoms with E-state index < -0.39 is 6.09 Å². The summed E-state index contributed by atoms with van der Waals surface area (Å²) in [5, 5.41) is 2.65. The molecule has 0 atom stereocenters. The predicted octanol–water partition coefficient (Wildman–Crippen LogP) is 3.62. The van der Waals surface area contributed by atoms with Crippen LogP contribution >= 0.6 is 0 Å². The van der Waals surface area contributed by atoms with Crippen LogP contribution in [0, 0.1) is 6.92 Å². The number of nitrogens with one attached hydrogen (secondary N) is 1. The Bertz CT molecular complexity index is 537. The van der Waals surface area contributed by atoms with Crippen molar-refractivity contribution in [2.75, 3.05) is 18.5 Å². The molecule has 4 heteroatoms. The summed E-state index contributed by atoms with van der Waals surface area (Å²) in [6.45, 7) is 2.51. The highest BCUT2D eigenvalue weighted by molar-refractivity contribution is 5.84. The molecule has 1 amide bonds. The van der Waals surface area contributed by atoms with Crippen LogP contribution in [0.2, 0.25) is 0 Å². The zero-order chi connectivity index (χ0) is 14.2. The summed E-state index contributed by atoms with van der Waals surface area (Å²) in [5.74, 6) is 0.759. The molecule has 1 N–H and O–H groups in total. The van der Waals surface area contributed by atoms with Gasteiger partial charge >= 0.3 is 6.09 Å². The van der Waals surface area contributed by atoms with Crippen molar-refractivity contribution in [3.05, 3.63) is 60.2 Å². The Labute approximate surface area is 118 Å². The number of anilines is 1. The van der Waals surface area contributed by atoms with Crippen LogP contribution in [0.3, 0.4) is 0 Å². The van der Waals surface area contributed by atoms with Gasteiger partial charge in [-0.25, -0.2) is 4.79 Å². The Balaban J connectivity index is 1.66. The Hall–Kier alpha value is -2.49. The molecule has 0 radical (unpaired) electrons. The second-order valence-corrected chi connectivity index (χ2v) is 4.29. The summed E-state index contributed by atoms with van der Waals surface area (Å²) in [4.78, 5) is 11.5. The van der Waals surface area contributed by atoms with Gasteiger partial charge in [0.05, 0.1) is 0 Å². The highest BCUT2D eigenvalue weighted by atomic mass is 16.6. The first-order valence-electron chi connectivity index (χ1n) is 6.42. The molecule has 0 spiro atoms. The third-order valence-electron chi connectivity index (χ3n) is 2.63. The SMILES string of the molecule is Cc1ccc(NC(=O)OCCOc2ccccc2)cc1. The van der Waals surface area contributed by atoms with Crippen LogP contribution in [-0.2, 0) is 4.74 Å². The fourth-order valence-electron chi connectivity index (χ4n) is 1.60. The highest BCUT2D eigenvalue weighted by Gasteiger charge is 2.02. The van der Waals surface area contributed by atoms with Gasteiger partial charge in [0.15, 0.2) is 0 Å². The number of hydrogen-bond acceptors (Lipinski definition) is 3.